The highest BCUT2D eigenvalue weighted by Crippen LogP contribution is 2.25. The molecule has 1 aromatic carbocycles. The SMILES string of the molecule is Cc1ccc(Cl)c(OC(=S)N(C)C)c1. The van der Waals surface area contributed by atoms with Gasteiger partial charge in [0.2, 0.25) is 0 Å². The van der Waals surface area contributed by atoms with Gasteiger partial charge in [-0.15, -0.1) is 0 Å². The molecule has 76 valence electrons. The number of hydrogen-bond donors (Lipinski definition) is 0. The van der Waals surface area contributed by atoms with Gasteiger partial charge in [0.1, 0.15) is 5.75 Å². The van der Waals surface area contributed by atoms with Gasteiger partial charge in [0.25, 0.3) is 5.17 Å². The smallest absolute Gasteiger partial charge is 0.264 e. The third kappa shape index (κ3) is 2.86. The Hall–Kier alpha value is -0.800. The number of aryl methyl sites for hydroxylation is 1. The lowest BCUT2D eigenvalue weighted by atomic mass is 10.2. The molecule has 0 saturated heterocycles. The summed E-state index contributed by atoms with van der Waals surface area (Å²) in [6.45, 7) is 1.97. The maximum atomic E-state index is 5.94. The first-order valence-electron chi connectivity index (χ1n) is 4.16. The largest absolute Gasteiger partial charge is 0.430 e. The van der Waals surface area contributed by atoms with E-state index < -0.39 is 0 Å². The number of rotatable bonds is 1. The van der Waals surface area contributed by atoms with Crippen LogP contribution in [-0.2, 0) is 0 Å². The van der Waals surface area contributed by atoms with Gasteiger partial charge in [-0.05, 0) is 36.8 Å². The van der Waals surface area contributed by atoms with Gasteiger partial charge in [0.15, 0.2) is 0 Å². The van der Waals surface area contributed by atoms with Crippen LogP contribution in [0.5, 0.6) is 5.75 Å². The highest BCUT2D eigenvalue weighted by molar-refractivity contribution is 7.80. The average molecular weight is 230 g/mol. The zero-order valence-electron chi connectivity index (χ0n) is 8.37. The van der Waals surface area contributed by atoms with Crippen LogP contribution in [0.3, 0.4) is 0 Å². The van der Waals surface area contributed by atoms with Crippen molar-refractivity contribution in [3.8, 4) is 5.75 Å². The summed E-state index contributed by atoms with van der Waals surface area (Å²) in [5.41, 5.74) is 1.09. The third-order valence-corrected chi connectivity index (χ3v) is 2.41. The summed E-state index contributed by atoms with van der Waals surface area (Å²) in [7, 11) is 3.65. The van der Waals surface area contributed by atoms with Gasteiger partial charge in [-0.25, -0.2) is 0 Å². The molecule has 0 heterocycles. The van der Waals surface area contributed by atoms with Gasteiger partial charge < -0.3 is 9.64 Å². The minimum Gasteiger partial charge on any atom is -0.430 e. The zero-order valence-corrected chi connectivity index (χ0v) is 9.95. The van der Waals surface area contributed by atoms with Crippen molar-refractivity contribution in [1.29, 1.82) is 0 Å². The van der Waals surface area contributed by atoms with Gasteiger partial charge in [-0.2, -0.15) is 0 Å². The average Bonchev–Trinajstić information content (AvgIpc) is 2.11. The fourth-order valence-electron chi connectivity index (χ4n) is 0.874. The minimum absolute atomic E-state index is 0.400. The molecule has 0 aromatic heterocycles. The third-order valence-electron chi connectivity index (χ3n) is 1.65. The molecule has 0 fully saturated rings. The van der Waals surface area contributed by atoms with Crippen LogP contribution in [0.2, 0.25) is 5.02 Å². The number of thiocarbonyl (C=S) groups is 1. The van der Waals surface area contributed by atoms with Gasteiger partial charge >= 0.3 is 0 Å². The van der Waals surface area contributed by atoms with Gasteiger partial charge in [-0.1, -0.05) is 17.7 Å². The lowest BCUT2D eigenvalue weighted by molar-refractivity contribution is 0.449. The van der Waals surface area contributed by atoms with Crippen LogP contribution in [-0.4, -0.2) is 24.2 Å². The Bertz CT molecular complexity index is 352. The molecule has 0 aliphatic rings. The second-order valence-corrected chi connectivity index (χ2v) is 3.95. The molecule has 0 saturated carbocycles. The Labute approximate surface area is 94.4 Å². The molecule has 0 N–H and O–H groups in total. The van der Waals surface area contributed by atoms with Crippen LogP contribution in [0.25, 0.3) is 0 Å². The molecule has 0 unspecified atom stereocenters. The van der Waals surface area contributed by atoms with E-state index in [1.807, 2.05) is 33.2 Å². The number of nitrogens with zero attached hydrogens (tertiary/aromatic N) is 1. The van der Waals surface area contributed by atoms with E-state index in [1.54, 1.807) is 11.0 Å². The summed E-state index contributed by atoms with van der Waals surface area (Å²) in [6.07, 6.45) is 0. The van der Waals surface area contributed by atoms with Crippen molar-refractivity contribution in [3.05, 3.63) is 28.8 Å². The van der Waals surface area contributed by atoms with Crippen LogP contribution in [0.15, 0.2) is 18.2 Å². The van der Waals surface area contributed by atoms with Crippen molar-refractivity contribution in [3.63, 3.8) is 0 Å². The Balaban J connectivity index is 2.86. The molecular weight excluding hydrogens is 218 g/mol. The highest BCUT2D eigenvalue weighted by Gasteiger charge is 2.06. The summed E-state index contributed by atoms with van der Waals surface area (Å²) >= 11 is 10.9. The predicted octanol–water partition coefficient (Wildman–Crippen LogP) is 2.87. The monoisotopic (exact) mass is 229 g/mol. The molecule has 0 aliphatic carbocycles. The molecule has 2 nitrogen and oxygen atoms in total. The van der Waals surface area contributed by atoms with Crippen molar-refractivity contribution in [2.24, 2.45) is 0 Å². The van der Waals surface area contributed by atoms with Gasteiger partial charge in [0, 0.05) is 14.1 Å². The Morgan fingerprint density at radius 3 is 2.64 bits per heavy atom. The molecule has 14 heavy (non-hydrogen) atoms. The standard InChI is InChI=1S/C10H12ClNOS/c1-7-4-5-8(11)9(6-7)13-10(14)12(2)3/h4-6H,1-3H3. The van der Waals surface area contributed by atoms with E-state index in [-0.39, 0.29) is 0 Å². The second kappa shape index (κ2) is 4.62. The molecule has 0 radical (unpaired) electrons. The summed E-state index contributed by atoms with van der Waals surface area (Å²) in [5.74, 6) is 0.602. The molecule has 0 spiro atoms. The second-order valence-electron chi connectivity index (χ2n) is 3.20. The Morgan fingerprint density at radius 1 is 1.43 bits per heavy atom. The maximum Gasteiger partial charge on any atom is 0.264 e. The van der Waals surface area contributed by atoms with Crippen LogP contribution in [0.4, 0.5) is 0 Å². The minimum atomic E-state index is 0.400. The topological polar surface area (TPSA) is 12.5 Å². The van der Waals surface area contributed by atoms with E-state index in [4.69, 9.17) is 28.6 Å². The molecule has 0 atom stereocenters. The summed E-state index contributed by atoms with van der Waals surface area (Å²) in [4.78, 5) is 1.72. The van der Waals surface area contributed by atoms with Crippen molar-refractivity contribution in [1.82, 2.24) is 4.90 Å². The van der Waals surface area contributed by atoms with E-state index in [9.17, 15) is 0 Å². The summed E-state index contributed by atoms with van der Waals surface area (Å²) in [6, 6.07) is 5.58. The first kappa shape index (κ1) is 11.3. The molecule has 4 heteroatoms. The highest BCUT2D eigenvalue weighted by atomic mass is 35.5. The van der Waals surface area contributed by atoms with Crippen molar-refractivity contribution < 1.29 is 4.74 Å². The Kier molecular flexibility index (Phi) is 3.72. The molecule has 0 bridgehead atoms. The lowest BCUT2D eigenvalue weighted by Crippen LogP contribution is -2.25. The zero-order chi connectivity index (χ0) is 10.7. The van der Waals surface area contributed by atoms with E-state index >= 15 is 0 Å². The van der Waals surface area contributed by atoms with Crippen molar-refractivity contribution in [2.45, 2.75) is 6.92 Å². The molecule has 1 aromatic rings. The fraction of sp³-hybridized carbons (Fsp3) is 0.300. The first-order valence-corrected chi connectivity index (χ1v) is 4.94. The van der Waals surface area contributed by atoms with Crippen molar-refractivity contribution in [2.75, 3.05) is 14.1 Å². The molecule has 0 aliphatic heterocycles. The van der Waals surface area contributed by atoms with E-state index in [0.29, 0.717) is 15.9 Å². The molecule has 0 amide bonds. The van der Waals surface area contributed by atoms with Crippen molar-refractivity contribution >= 4 is 29.0 Å². The quantitative estimate of drug-likeness (QED) is 0.688. The summed E-state index contributed by atoms with van der Waals surface area (Å²) in [5, 5.41) is 0.970. The predicted molar refractivity (Wildman–Crippen MR) is 63.1 cm³/mol. The van der Waals surface area contributed by atoms with Crippen LogP contribution >= 0.6 is 23.8 Å². The van der Waals surface area contributed by atoms with Crippen LogP contribution in [0.1, 0.15) is 5.56 Å². The van der Waals surface area contributed by atoms with E-state index in [0.717, 1.165) is 5.56 Å². The number of halogens is 1. The van der Waals surface area contributed by atoms with Gasteiger partial charge in [0.05, 0.1) is 5.02 Å². The fourth-order valence-corrected chi connectivity index (χ4v) is 1.12. The summed E-state index contributed by atoms with van der Waals surface area (Å²) < 4.78 is 5.41. The molecular formula is C10H12ClNOS. The van der Waals surface area contributed by atoms with E-state index in [1.165, 1.54) is 0 Å². The Morgan fingerprint density at radius 2 is 2.07 bits per heavy atom. The maximum absolute atomic E-state index is 5.94. The molecule has 1 rings (SSSR count). The number of benzene rings is 1. The number of hydrogen-bond acceptors (Lipinski definition) is 2. The lowest BCUT2D eigenvalue weighted by Gasteiger charge is -2.15. The first-order chi connectivity index (χ1) is 6.50. The number of ether oxygens (including phenoxy) is 1. The normalized spacial score (nSPS) is 9.71. The van der Waals surface area contributed by atoms with E-state index in [2.05, 4.69) is 0 Å². The van der Waals surface area contributed by atoms with Crippen LogP contribution < -0.4 is 4.74 Å². The van der Waals surface area contributed by atoms with Gasteiger partial charge in [-0.3, -0.25) is 0 Å². The van der Waals surface area contributed by atoms with Crippen LogP contribution in [0, 0.1) is 6.92 Å².